The normalized spacial score (nSPS) is 16.9. The molecule has 2 N–H and O–H groups in total. The molecule has 28 heavy (non-hydrogen) atoms. The molecule has 3 rings (SSSR count). The number of carbonyl (C=O) groups is 1. The molecule has 2 aromatic rings. The standard InChI is InChI=1S/C15H19N3O2S.C2HF3O2/c1-12-14(11-18-7-9-21(19,20)10-8-18)17-15(16-12)13-5-3-2-4-6-13;3-2(4,5)1(6)7/h2-6H,7-11H2,1H3,(H,16,17);(H,6,7). The maximum atomic E-state index is 11.5. The molecule has 7 nitrogen and oxygen atoms in total. The predicted octanol–water partition coefficient (Wildman–Crippen LogP) is 2.25. The van der Waals surface area contributed by atoms with Gasteiger partial charge in [0.1, 0.15) is 5.82 Å². The second kappa shape index (κ2) is 8.74. The smallest absolute Gasteiger partial charge is 0.475 e. The minimum absolute atomic E-state index is 0.252. The minimum atomic E-state index is -5.08. The van der Waals surface area contributed by atoms with Gasteiger partial charge >= 0.3 is 12.1 Å². The van der Waals surface area contributed by atoms with Crippen LogP contribution < -0.4 is 0 Å². The van der Waals surface area contributed by atoms with Crippen LogP contribution in [-0.4, -0.2) is 65.1 Å². The summed E-state index contributed by atoms with van der Waals surface area (Å²) >= 11 is 0. The Kier molecular flexibility index (Phi) is 6.83. The van der Waals surface area contributed by atoms with Crippen molar-refractivity contribution in [2.24, 2.45) is 0 Å². The lowest BCUT2D eigenvalue weighted by molar-refractivity contribution is -0.192. The highest BCUT2D eigenvalue weighted by Gasteiger charge is 2.38. The van der Waals surface area contributed by atoms with Crippen molar-refractivity contribution >= 4 is 15.8 Å². The van der Waals surface area contributed by atoms with Gasteiger partial charge < -0.3 is 10.1 Å². The van der Waals surface area contributed by atoms with E-state index in [1.165, 1.54) is 0 Å². The highest BCUT2D eigenvalue weighted by atomic mass is 32.2. The average molecular weight is 419 g/mol. The summed E-state index contributed by atoms with van der Waals surface area (Å²) in [7, 11) is -2.83. The number of carboxylic acid groups (broad SMARTS) is 1. The molecule has 0 atom stereocenters. The molecular weight excluding hydrogens is 399 g/mol. The fraction of sp³-hybridized carbons (Fsp3) is 0.412. The Morgan fingerprint density at radius 3 is 2.25 bits per heavy atom. The zero-order chi connectivity index (χ0) is 20.9. The number of nitrogens with one attached hydrogen (secondary N) is 1. The Hall–Kier alpha value is -2.40. The summed E-state index contributed by atoms with van der Waals surface area (Å²) in [5, 5.41) is 7.12. The monoisotopic (exact) mass is 419 g/mol. The minimum Gasteiger partial charge on any atom is -0.475 e. The van der Waals surface area contributed by atoms with Gasteiger partial charge in [0.05, 0.1) is 17.2 Å². The quantitative estimate of drug-likeness (QED) is 0.791. The summed E-state index contributed by atoms with van der Waals surface area (Å²) < 4.78 is 54.6. The van der Waals surface area contributed by atoms with Crippen molar-refractivity contribution in [1.82, 2.24) is 14.9 Å². The first-order valence-corrected chi connectivity index (χ1v) is 10.1. The third-order valence-corrected chi connectivity index (χ3v) is 5.69. The molecule has 1 aromatic heterocycles. The number of halogens is 3. The first kappa shape index (κ1) is 21.9. The van der Waals surface area contributed by atoms with E-state index in [4.69, 9.17) is 9.90 Å². The van der Waals surface area contributed by atoms with Gasteiger partial charge in [-0.05, 0) is 6.92 Å². The lowest BCUT2D eigenvalue weighted by Gasteiger charge is -2.25. The van der Waals surface area contributed by atoms with Gasteiger partial charge in [0.15, 0.2) is 9.84 Å². The van der Waals surface area contributed by atoms with Crippen LogP contribution in [0.2, 0.25) is 0 Å². The number of hydrogen-bond donors (Lipinski definition) is 2. The van der Waals surface area contributed by atoms with Gasteiger partial charge in [-0.2, -0.15) is 13.2 Å². The summed E-state index contributed by atoms with van der Waals surface area (Å²) in [6, 6.07) is 10.0. The fourth-order valence-corrected chi connectivity index (χ4v) is 3.78. The van der Waals surface area contributed by atoms with Gasteiger partial charge in [0, 0.05) is 30.9 Å². The number of imidazole rings is 1. The van der Waals surface area contributed by atoms with E-state index in [1.807, 2.05) is 37.3 Å². The predicted molar refractivity (Wildman–Crippen MR) is 96.4 cm³/mol. The van der Waals surface area contributed by atoms with Crippen molar-refractivity contribution in [2.75, 3.05) is 24.6 Å². The molecule has 1 saturated heterocycles. The first-order chi connectivity index (χ1) is 13.0. The number of aliphatic carboxylic acids is 1. The second-order valence-electron chi connectivity index (χ2n) is 6.25. The Balaban J connectivity index is 0.000000345. The third-order valence-electron chi connectivity index (χ3n) is 4.09. The van der Waals surface area contributed by atoms with Crippen LogP contribution in [-0.2, 0) is 21.2 Å². The molecule has 0 aliphatic carbocycles. The number of aryl methyl sites for hydroxylation is 1. The lowest BCUT2D eigenvalue weighted by atomic mass is 10.2. The molecule has 1 fully saturated rings. The van der Waals surface area contributed by atoms with Gasteiger partial charge in [0.25, 0.3) is 0 Å². The van der Waals surface area contributed by atoms with Gasteiger partial charge in [-0.3, -0.25) is 4.90 Å². The van der Waals surface area contributed by atoms with Crippen molar-refractivity contribution in [1.29, 1.82) is 0 Å². The molecule has 0 saturated carbocycles. The zero-order valence-corrected chi connectivity index (χ0v) is 15.8. The number of nitrogens with zero attached hydrogens (tertiary/aromatic N) is 2. The highest BCUT2D eigenvalue weighted by molar-refractivity contribution is 7.91. The van der Waals surface area contributed by atoms with Crippen LogP contribution in [0, 0.1) is 6.92 Å². The maximum absolute atomic E-state index is 11.5. The van der Waals surface area contributed by atoms with Crippen molar-refractivity contribution in [3.05, 3.63) is 41.7 Å². The van der Waals surface area contributed by atoms with Crippen molar-refractivity contribution in [3.8, 4) is 11.4 Å². The number of H-pyrrole nitrogens is 1. The van der Waals surface area contributed by atoms with Crippen LogP contribution in [0.1, 0.15) is 11.4 Å². The van der Waals surface area contributed by atoms with E-state index in [0.717, 1.165) is 22.8 Å². The zero-order valence-electron chi connectivity index (χ0n) is 15.0. The van der Waals surface area contributed by atoms with Crippen LogP contribution in [0.15, 0.2) is 30.3 Å². The van der Waals surface area contributed by atoms with Gasteiger partial charge in [-0.1, -0.05) is 30.3 Å². The van der Waals surface area contributed by atoms with E-state index in [0.29, 0.717) is 19.6 Å². The van der Waals surface area contributed by atoms with E-state index in [2.05, 4.69) is 14.9 Å². The Morgan fingerprint density at radius 2 is 1.75 bits per heavy atom. The van der Waals surface area contributed by atoms with Crippen LogP contribution in [0.5, 0.6) is 0 Å². The number of sulfone groups is 1. The summed E-state index contributed by atoms with van der Waals surface area (Å²) in [6.45, 7) is 3.89. The molecule has 0 radical (unpaired) electrons. The van der Waals surface area contributed by atoms with Crippen molar-refractivity contribution in [3.63, 3.8) is 0 Å². The molecular formula is C17H20F3N3O4S. The Bertz CT molecular complexity index is 897. The van der Waals surface area contributed by atoms with Crippen molar-refractivity contribution in [2.45, 2.75) is 19.6 Å². The molecule has 1 aromatic carbocycles. The number of aromatic nitrogens is 2. The molecule has 0 amide bonds. The van der Waals surface area contributed by atoms with E-state index >= 15 is 0 Å². The molecule has 0 unspecified atom stereocenters. The maximum Gasteiger partial charge on any atom is 0.490 e. The summed E-state index contributed by atoms with van der Waals surface area (Å²) in [4.78, 5) is 19.0. The van der Waals surface area contributed by atoms with Crippen LogP contribution in [0.25, 0.3) is 11.4 Å². The van der Waals surface area contributed by atoms with Gasteiger partial charge in [0.2, 0.25) is 0 Å². The second-order valence-corrected chi connectivity index (χ2v) is 8.56. The Morgan fingerprint density at radius 1 is 1.21 bits per heavy atom. The van der Waals surface area contributed by atoms with E-state index in [-0.39, 0.29) is 11.5 Å². The SMILES string of the molecule is Cc1[nH]c(-c2ccccc2)nc1CN1CCS(=O)(=O)CC1.O=C(O)C(F)(F)F. The van der Waals surface area contributed by atoms with Gasteiger partial charge in [-0.15, -0.1) is 0 Å². The van der Waals surface area contributed by atoms with E-state index < -0.39 is 22.0 Å². The van der Waals surface area contributed by atoms with Crippen molar-refractivity contribution < 1.29 is 31.5 Å². The van der Waals surface area contributed by atoms with Crippen LogP contribution >= 0.6 is 0 Å². The largest absolute Gasteiger partial charge is 0.490 e. The van der Waals surface area contributed by atoms with E-state index in [9.17, 15) is 21.6 Å². The number of alkyl halides is 3. The van der Waals surface area contributed by atoms with Crippen LogP contribution in [0.3, 0.4) is 0 Å². The number of aromatic amines is 1. The number of rotatable bonds is 3. The average Bonchev–Trinajstić information content (AvgIpc) is 2.98. The molecule has 154 valence electrons. The molecule has 1 aliphatic heterocycles. The Labute approximate surface area is 160 Å². The molecule has 11 heteroatoms. The summed E-state index contributed by atoms with van der Waals surface area (Å²) in [5.41, 5.74) is 3.10. The summed E-state index contributed by atoms with van der Waals surface area (Å²) in [5.74, 6) is -1.38. The molecule has 0 bridgehead atoms. The molecule has 2 heterocycles. The van der Waals surface area contributed by atoms with E-state index in [1.54, 1.807) is 0 Å². The van der Waals surface area contributed by atoms with Crippen LogP contribution in [0.4, 0.5) is 13.2 Å². The molecule has 0 spiro atoms. The first-order valence-electron chi connectivity index (χ1n) is 8.32. The van der Waals surface area contributed by atoms with Gasteiger partial charge in [-0.25, -0.2) is 18.2 Å². The number of benzene rings is 1. The highest BCUT2D eigenvalue weighted by Crippen LogP contribution is 2.19. The number of hydrogen-bond acceptors (Lipinski definition) is 5. The molecule has 1 aliphatic rings. The summed E-state index contributed by atoms with van der Waals surface area (Å²) in [6.07, 6.45) is -5.08. The topological polar surface area (TPSA) is 103 Å². The lowest BCUT2D eigenvalue weighted by Crippen LogP contribution is -2.39. The fourth-order valence-electron chi connectivity index (χ4n) is 2.50. The third kappa shape index (κ3) is 6.34. The number of carboxylic acids is 1.